The highest BCUT2D eigenvalue weighted by molar-refractivity contribution is 5.69. The van der Waals surface area contributed by atoms with E-state index in [9.17, 15) is 4.79 Å². The van der Waals surface area contributed by atoms with Crippen molar-refractivity contribution in [2.75, 3.05) is 7.11 Å². The Balaban J connectivity index is 2.06. The molecule has 3 heteroatoms. The molecule has 0 amide bonds. The predicted molar refractivity (Wildman–Crippen MR) is 91.5 cm³/mol. The number of hydrogen-bond acceptors (Lipinski definition) is 3. The van der Waals surface area contributed by atoms with Gasteiger partial charge in [-0.2, -0.15) is 0 Å². The maximum Gasteiger partial charge on any atom is 0.305 e. The molecule has 0 saturated carbocycles. The van der Waals surface area contributed by atoms with E-state index in [0.29, 0.717) is 19.4 Å². The van der Waals surface area contributed by atoms with Gasteiger partial charge < -0.3 is 9.47 Å². The van der Waals surface area contributed by atoms with Crippen molar-refractivity contribution in [3.63, 3.8) is 0 Å². The average molecular weight is 310 g/mol. The molecule has 0 N–H and O–H groups in total. The Kier molecular flexibility index (Phi) is 6.42. The van der Waals surface area contributed by atoms with Crippen LogP contribution >= 0.6 is 0 Å². The second-order valence-electron chi connectivity index (χ2n) is 5.29. The molecule has 0 aromatic heterocycles. The van der Waals surface area contributed by atoms with E-state index in [0.717, 1.165) is 28.9 Å². The Morgan fingerprint density at radius 2 is 1.91 bits per heavy atom. The van der Waals surface area contributed by atoms with Gasteiger partial charge in [0.25, 0.3) is 0 Å². The third-order valence-corrected chi connectivity index (χ3v) is 3.57. The Bertz CT molecular complexity index is 647. The van der Waals surface area contributed by atoms with Crippen molar-refractivity contribution in [1.82, 2.24) is 0 Å². The highest BCUT2D eigenvalue weighted by atomic mass is 16.5. The van der Waals surface area contributed by atoms with Crippen LogP contribution in [0.1, 0.15) is 23.1 Å². The third-order valence-electron chi connectivity index (χ3n) is 3.57. The Labute approximate surface area is 137 Å². The van der Waals surface area contributed by atoms with E-state index < -0.39 is 0 Å². The van der Waals surface area contributed by atoms with Crippen LogP contribution < -0.4 is 4.74 Å². The number of hydrogen-bond donors (Lipinski definition) is 0. The summed E-state index contributed by atoms with van der Waals surface area (Å²) in [6, 6.07) is 16.1. The molecule has 0 heterocycles. The first-order valence-corrected chi connectivity index (χ1v) is 7.69. The van der Waals surface area contributed by atoms with Crippen LogP contribution in [0.15, 0.2) is 61.2 Å². The van der Waals surface area contributed by atoms with Crippen LogP contribution in [-0.2, 0) is 29.0 Å². The standard InChI is InChI=1S/C20H22O3/c1-3-7-18-14-16(11-13-20(21)22-2)10-12-19(18)23-15-17-8-5-4-6-9-17/h3-6,8-10,12,14H,1,7,11,13,15H2,2H3. The van der Waals surface area contributed by atoms with Gasteiger partial charge in [-0.25, -0.2) is 0 Å². The monoisotopic (exact) mass is 310 g/mol. The normalized spacial score (nSPS) is 10.1. The first-order valence-electron chi connectivity index (χ1n) is 7.69. The molecule has 0 atom stereocenters. The van der Waals surface area contributed by atoms with E-state index in [4.69, 9.17) is 4.74 Å². The molecule has 0 aliphatic carbocycles. The molecule has 0 aliphatic rings. The fourth-order valence-corrected chi connectivity index (χ4v) is 2.33. The molecule has 0 aliphatic heterocycles. The lowest BCUT2D eigenvalue weighted by atomic mass is 10.0. The molecule has 0 unspecified atom stereocenters. The molecule has 2 aromatic rings. The molecular weight excluding hydrogens is 288 g/mol. The van der Waals surface area contributed by atoms with Gasteiger partial charge in [-0.05, 0) is 35.6 Å². The van der Waals surface area contributed by atoms with Crippen molar-refractivity contribution in [2.24, 2.45) is 0 Å². The molecule has 0 radical (unpaired) electrons. The van der Waals surface area contributed by atoms with Crippen LogP contribution in [0.25, 0.3) is 0 Å². The van der Waals surface area contributed by atoms with E-state index >= 15 is 0 Å². The number of allylic oxidation sites excluding steroid dienone is 1. The van der Waals surface area contributed by atoms with Gasteiger partial charge in [0.05, 0.1) is 7.11 Å². The molecule has 23 heavy (non-hydrogen) atoms. The Hall–Kier alpha value is -2.55. The van der Waals surface area contributed by atoms with E-state index in [1.165, 1.54) is 7.11 Å². The van der Waals surface area contributed by atoms with E-state index in [2.05, 4.69) is 17.4 Å². The molecule has 120 valence electrons. The minimum Gasteiger partial charge on any atom is -0.489 e. The maximum absolute atomic E-state index is 11.3. The smallest absolute Gasteiger partial charge is 0.305 e. The summed E-state index contributed by atoms with van der Waals surface area (Å²) in [4.78, 5) is 11.3. The summed E-state index contributed by atoms with van der Waals surface area (Å²) in [6.45, 7) is 4.34. The molecule has 0 spiro atoms. The molecule has 0 fully saturated rings. The molecule has 3 nitrogen and oxygen atoms in total. The SMILES string of the molecule is C=CCc1cc(CCC(=O)OC)ccc1OCc1ccccc1. The lowest BCUT2D eigenvalue weighted by Gasteiger charge is -2.12. The largest absolute Gasteiger partial charge is 0.489 e. The molecular formula is C20H22O3. The van der Waals surface area contributed by atoms with Crippen molar-refractivity contribution < 1.29 is 14.3 Å². The second kappa shape index (κ2) is 8.79. The van der Waals surface area contributed by atoms with Crippen molar-refractivity contribution in [2.45, 2.75) is 25.9 Å². The summed E-state index contributed by atoms with van der Waals surface area (Å²) in [5.74, 6) is 0.662. The van der Waals surface area contributed by atoms with Crippen molar-refractivity contribution in [1.29, 1.82) is 0 Å². The number of ether oxygens (including phenoxy) is 2. The number of aryl methyl sites for hydroxylation is 1. The van der Waals surface area contributed by atoms with Gasteiger partial charge in [0, 0.05) is 6.42 Å². The lowest BCUT2D eigenvalue weighted by Crippen LogP contribution is -2.03. The van der Waals surface area contributed by atoms with Crippen LogP contribution in [0.4, 0.5) is 0 Å². The van der Waals surface area contributed by atoms with E-state index in [-0.39, 0.29) is 5.97 Å². The van der Waals surface area contributed by atoms with Crippen LogP contribution in [0, 0.1) is 0 Å². The summed E-state index contributed by atoms with van der Waals surface area (Å²) in [5, 5.41) is 0. The number of carbonyl (C=O) groups is 1. The van der Waals surface area contributed by atoms with Gasteiger partial charge in [0.15, 0.2) is 0 Å². The van der Waals surface area contributed by atoms with Crippen molar-refractivity contribution in [3.8, 4) is 5.75 Å². The van der Waals surface area contributed by atoms with Crippen LogP contribution in [-0.4, -0.2) is 13.1 Å². The van der Waals surface area contributed by atoms with Gasteiger partial charge in [-0.1, -0.05) is 48.5 Å². The molecule has 2 rings (SSSR count). The highest BCUT2D eigenvalue weighted by Gasteiger charge is 2.07. The quantitative estimate of drug-likeness (QED) is 0.544. The number of carbonyl (C=O) groups excluding carboxylic acids is 1. The fourth-order valence-electron chi connectivity index (χ4n) is 2.33. The van der Waals surface area contributed by atoms with Crippen molar-refractivity contribution in [3.05, 3.63) is 77.9 Å². The van der Waals surface area contributed by atoms with E-state index in [1.54, 1.807) is 0 Å². The zero-order valence-corrected chi connectivity index (χ0v) is 13.5. The summed E-state index contributed by atoms with van der Waals surface area (Å²) >= 11 is 0. The number of rotatable bonds is 8. The van der Waals surface area contributed by atoms with Gasteiger partial charge in [-0.15, -0.1) is 6.58 Å². The maximum atomic E-state index is 11.3. The summed E-state index contributed by atoms with van der Waals surface area (Å²) in [7, 11) is 1.41. The fraction of sp³-hybridized carbons (Fsp3) is 0.250. The zero-order valence-electron chi connectivity index (χ0n) is 13.5. The molecule has 2 aromatic carbocycles. The minimum atomic E-state index is -0.195. The molecule has 0 saturated heterocycles. The topological polar surface area (TPSA) is 35.5 Å². The summed E-state index contributed by atoms with van der Waals surface area (Å²) in [5.41, 5.74) is 3.31. The number of esters is 1. The Morgan fingerprint density at radius 3 is 2.61 bits per heavy atom. The van der Waals surface area contributed by atoms with Crippen LogP contribution in [0.3, 0.4) is 0 Å². The summed E-state index contributed by atoms with van der Waals surface area (Å²) in [6.07, 6.45) is 3.63. The minimum absolute atomic E-state index is 0.195. The third kappa shape index (κ3) is 5.29. The van der Waals surface area contributed by atoms with Crippen LogP contribution in [0.5, 0.6) is 5.75 Å². The highest BCUT2D eigenvalue weighted by Crippen LogP contribution is 2.23. The Morgan fingerprint density at radius 1 is 1.13 bits per heavy atom. The van der Waals surface area contributed by atoms with Gasteiger partial charge in [0.1, 0.15) is 12.4 Å². The molecule has 0 bridgehead atoms. The first kappa shape index (κ1) is 16.8. The van der Waals surface area contributed by atoms with Crippen LogP contribution in [0.2, 0.25) is 0 Å². The van der Waals surface area contributed by atoms with Gasteiger partial charge in [0.2, 0.25) is 0 Å². The summed E-state index contributed by atoms with van der Waals surface area (Å²) < 4.78 is 10.6. The average Bonchev–Trinajstić information content (AvgIpc) is 2.60. The predicted octanol–water partition coefficient (Wildman–Crippen LogP) is 4.10. The number of benzene rings is 2. The van der Waals surface area contributed by atoms with Crippen molar-refractivity contribution >= 4 is 5.97 Å². The van der Waals surface area contributed by atoms with E-state index in [1.807, 2.05) is 48.5 Å². The second-order valence-corrected chi connectivity index (χ2v) is 5.29. The lowest BCUT2D eigenvalue weighted by molar-refractivity contribution is -0.140. The first-order chi connectivity index (χ1) is 11.2. The zero-order chi connectivity index (χ0) is 16.5. The van der Waals surface area contributed by atoms with Gasteiger partial charge in [-0.3, -0.25) is 4.79 Å². The van der Waals surface area contributed by atoms with Gasteiger partial charge >= 0.3 is 5.97 Å². The number of methoxy groups -OCH3 is 1.